The Bertz CT molecular complexity index is 974. The molecule has 0 radical (unpaired) electrons. The molecule has 2 N–H and O–H groups in total. The van der Waals surface area contributed by atoms with Gasteiger partial charge in [-0.25, -0.2) is 4.79 Å². The van der Waals surface area contributed by atoms with Crippen LogP contribution >= 0.6 is 15.9 Å². The van der Waals surface area contributed by atoms with Crippen molar-refractivity contribution in [3.63, 3.8) is 0 Å². The Kier molecular flexibility index (Phi) is 3.72. The molecular weight excluding hydrogens is 362 g/mol. The molecule has 0 saturated heterocycles. The van der Waals surface area contributed by atoms with E-state index < -0.39 is 5.97 Å². The van der Waals surface area contributed by atoms with Crippen LogP contribution in [-0.2, 0) is 4.74 Å². The number of esters is 1. The Labute approximate surface area is 139 Å². The van der Waals surface area contributed by atoms with Crippen LogP contribution in [0.15, 0.2) is 35.2 Å². The molecule has 0 saturated carbocycles. The highest BCUT2D eigenvalue weighted by molar-refractivity contribution is 9.10. The molecule has 0 unspecified atom stereocenters. The number of halogens is 1. The van der Waals surface area contributed by atoms with Crippen LogP contribution in [0.4, 0.5) is 5.69 Å². The first kappa shape index (κ1) is 15.0. The van der Waals surface area contributed by atoms with Crippen LogP contribution in [0, 0.1) is 11.3 Å². The number of nitrogen functional groups attached to an aromatic ring is 1. The summed E-state index contributed by atoms with van der Waals surface area (Å²) in [5, 5.41) is 9.18. The van der Waals surface area contributed by atoms with E-state index in [1.165, 1.54) is 17.9 Å². The molecule has 3 rings (SSSR count). The van der Waals surface area contributed by atoms with Gasteiger partial charge in [0.15, 0.2) is 5.69 Å². The maximum Gasteiger partial charge on any atom is 0.357 e. The van der Waals surface area contributed by atoms with Crippen LogP contribution < -0.4 is 5.73 Å². The van der Waals surface area contributed by atoms with Crippen molar-refractivity contribution in [3.05, 3.63) is 46.5 Å². The topological polar surface area (TPSA) is 107 Å². The zero-order valence-corrected chi connectivity index (χ0v) is 13.5. The van der Waals surface area contributed by atoms with Gasteiger partial charge in [0.1, 0.15) is 17.1 Å². The summed E-state index contributed by atoms with van der Waals surface area (Å²) in [6.07, 6.45) is 4.61. The molecule has 2 heterocycles. The van der Waals surface area contributed by atoms with Crippen molar-refractivity contribution in [3.8, 4) is 11.8 Å². The molecule has 2 aromatic heterocycles. The number of aromatic nitrogens is 3. The molecule has 0 atom stereocenters. The van der Waals surface area contributed by atoms with E-state index >= 15 is 0 Å². The summed E-state index contributed by atoms with van der Waals surface area (Å²) in [5.41, 5.74) is 8.02. The molecule has 23 heavy (non-hydrogen) atoms. The third-order valence-corrected chi connectivity index (χ3v) is 4.00. The summed E-state index contributed by atoms with van der Waals surface area (Å²) in [7, 11) is 1.25. The fourth-order valence-electron chi connectivity index (χ4n) is 2.31. The minimum absolute atomic E-state index is 0.0688. The number of nitrogens with two attached hydrogens (primary N) is 1. The molecular formula is C15H10BrN5O2. The van der Waals surface area contributed by atoms with E-state index in [-0.39, 0.29) is 16.9 Å². The average molecular weight is 372 g/mol. The molecule has 7 nitrogen and oxygen atoms in total. The standard InChI is InChI=1S/C15H10BrN5O2/c1-23-15(22)14-11(18)8(6-17)7-21(14)10-3-2-9(16)12-13(10)20-5-4-19-12/h2-5,7H,18H2,1H3. The number of nitriles is 1. The predicted octanol–water partition coefficient (Wildman–Crippen LogP) is 2.42. The number of carbonyl (C=O) groups is 1. The molecule has 1 aromatic carbocycles. The lowest BCUT2D eigenvalue weighted by atomic mass is 10.2. The number of hydrogen-bond donors (Lipinski definition) is 1. The van der Waals surface area contributed by atoms with Crippen molar-refractivity contribution >= 4 is 38.6 Å². The Morgan fingerprint density at radius 2 is 2.04 bits per heavy atom. The third kappa shape index (κ3) is 2.31. The van der Waals surface area contributed by atoms with Crippen molar-refractivity contribution < 1.29 is 9.53 Å². The van der Waals surface area contributed by atoms with Gasteiger partial charge < -0.3 is 15.0 Å². The third-order valence-electron chi connectivity index (χ3n) is 3.36. The highest BCUT2D eigenvalue weighted by atomic mass is 79.9. The smallest absolute Gasteiger partial charge is 0.357 e. The van der Waals surface area contributed by atoms with Gasteiger partial charge in [0.2, 0.25) is 0 Å². The van der Waals surface area contributed by atoms with Crippen LogP contribution in [0.1, 0.15) is 16.1 Å². The zero-order valence-electron chi connectivity index (χ0n) is 11.9. The lowest BCUT2D eigenvalue weighted by Crippen LogP contribution is -2.11. The summed E-state index contributed by atoms with van der Waals surface area (Å²) in [6.45, 7) is 0. The molecule has 0 fully saturated rings. The summed E-state index contributed by atoms with van der Waals surface area (Å²) in [4.78, 5) is 20.7. The van der Waals surface area contributed by atoms with Gasteiger partial charge in [0, 0.05) is 23.1 Å². The van der Waals surface area contributed by atoms with E-state index in [0.29, 0.717) is 16.7 Å². The van der Waals surface area contributed by atoms with Crippen molar-refractivity contribution in [2.45, 2.75) is 0 Å². The number of benzene rings is 1. The summed E-state index contributed by atoms with van der Waals surface area (Å²) < 4.78 is 7.05. The molecule has 114 valence electrons. The molecule has 0 aliphatic rings. The zero-order chi connectivity index (χ0) is 16.6. The molecule has 8 heteroatoms. The van der Waals surface area contributed by atoms with Crippen molar-refractivity contribution in [2.24, 2.45) is 0 Å². The second-order valence-corrected chi connectivity index (χ2v) is 5.45. The van der Waals surface area contributed by atoms with Crippen LogP contribution in [-0.4, -0.2) is 27.6 Å². The van der Waals surface area contributed by atoms with Crippen molar-refractivity contribution in [2.75, 3.05) is 12.8 Å². The van der Waals surface area contributed by atoms with Gasteiger partial charge in [-0.2, -0.15) is 5.26 Å². The second-order valence-electron chi connectivity index (χ2n) is 4.60. The van der Waals surface area contributed by atoms with Crippen LogP contribution in [0.5, 0.6) is 0 Å². The van der Waals surface area contributed by atoms with Crippen molar-refractivity contribution in [1.29, 1.82) is 5.26 Å². The summed E-state index contributed by atoms with van der Waals surface area (Å²) >= 11 is 3.42. The van der Waals surface area contributed by atoms with Gasteiger partial charge in [0.25, 0.3) is 0 Å². The maximum absolute atomic E-state index is 12.1. The van der Waals surface area contributed by atoms with Gasteiger partial charge in [0.05, 0.1) is 24.0 Å². The molecule has 0 spiro atoms. The van der Waals surface area contributed by atoms with E-state index in [2.05, 4.69) is 25.9 Å². The fraction of sp³-hybridized carbons (Fsp3) is 0.0667. The Morgan fingerprint density at radius 3 is 2.70 bits per heavy atom. The molecule has 0 aliphatic carbocycles. The maximum atomic E-state index is 12.1. The average Bonchev–Trinajstić information content (AvgIpc) is 2.91. The minimum Gasteiger partial charge on any atom is -0.464 e. The fourth-order valence-corrected chi connectivity index (χ4v) is 2.73. The largest absolute Gasteiger partial charge is 0.464 e. The Balaban J connectivity index is 2.39. The SMILES string of the molecule is COC(=O)c1c(N)c(C#N)cn1-c1ccc(Br)c2nccnc12. The number of rotatable bonds is 2. The molecule has 3 aromatic rings. The second kappa shape index (κ2) is 5.70. The van der Waals surface area contributed by atoms with E-state index in [4.69, 9.17) is 10.5 Å². The van der Waals surface area contributed by atoms with Crippen LogP contribution in [0.25, 0.3) is 16.7 Å². The molecule has 0 bridgehead atoms. The number of hydrogen-bond acceptors (Lipinski definition) is 6. The van der Waals surface area contributed by atoms with E-state index in [9.17, 15) is 10.1 Å². The summed E-state index contributed by atoms with van der Waals surface area (Å²) in [5.74, 6) is -0.635. The van der Waals surface area contributed by atoms with Crippen LogP contribution in [0.2, 0.25) is 0 Å². The van der Waals surface area contributed by atoms with Crippen LogP contribution in [0.3, 0.4) is 0 Å². The number of anilines is 1. The monoisotopic (exact) mass is 371 g/mol. The van der Waals surface area contributed by atoms with E-state index in [0.717, 1.165) is 4.47 Å². The van der Waals surface area contributed by atoms with E-state index in [1.807, 2.05) is 6.07 Å². The highest BCUT2D eigenvalue weighted by Gasteiger charge is 2.23. The first-order valence-corrected chi connectivity index (χ1v) is 7.26. The Hall–Kier alpha value is -2.92. The van der Waals surface area contributed by atoms with Gasteiger partial charge in [-0.3, -0.25) is 9.97 Å². The van der Waals surface area contributed by atoms with Gasteiger partial charge in [-0.05, 0) is 28.1 Å². The molecule has 0 aliphatic heterocycles. The number of methoxy groups -OCH3 is 1. The predicted molar refractivity (Wildman–Crippen MR) is 87.0 cm³/mol. The number of fused-ring (bicyclic) bond motifs is 1. The lowest BCUT2D eigenvalue weighted by Gasteiger charge is -2.11. The van der Waals surface area contributed by atoms with Gasteiger partial charge in [-0.15, -0.1) is 0 Å². The first-order valence-electron chi connectivity index (χ1n) is 6.47. The number of carbonyl (C=O) groups excluding carboxylic acids is 1. The lowest BCUT2D eigenvalue weighted by molar-refractivity contribution is 0.0593. The number of nitrogens with zero attached hydrogens (tertiary/aromatic N) is 4. The number of ether oxygens (including phenoxy) is 1. The molecule has 0 amide bonds. The minimum atomic E-state index is -0.635. The van der Waals surface area contributed by atoms with Gasteiger partial charge >= 0.3 is 5.97 Å². The first-order chi connectivity index (χ1) is 11.1. The summed E-state index contributed by atoms with van der Waals surface area (Å²) in [6, 6.07) is 5.51. The van der Waals surface area contributed by atoms with E-state index in [1.54, 1.807) is 24.5 Å². The quantitative estimate of drug-likeness (QED) is 0.693. The normalized spacial score (nSPS) is 10.5. The Morgan fingerprint density at radius 1 is 1.35 bits per heavy atom. The van der Waals surface area contributed by atoms with Gasteiger partial charge in [-0.1, -0.05) is 0 Å². The van der Waals surface area contributed by atoms with Crippen molar-refractivity contribution in [1.82, 2.24) is 14.5 Å². The highest BCUT2D eigenvalue weighted by Crippen LogP contribution is 2.30.